The maximum absolute atomic E-state index is 11.0. The van der Waals surface area contributed by atoms with E-state index in [1.165, 1.54) is 18.2 Å². The number of carboxylic acids is 1. The first kappa shape index (κ1) is 13.5. The van der Waals surface area contributed by atoms with Gasteiger partial charge in [-0.15, -0.1) is 0 Å². The summed E-state index contributed by atoms with van der Waals surface area (Å²) < 4.78 is 1.65. The quantitative estimate of drug-likeness (QED) is 0.634. The minimum Gasteiger partial charge on any atom is -0.477 e. The third-order valence-electron chi connectivity index (χ3n) is 2.67. The van der Waals surface area contributed by atoms with Crippen LogP contribution in [0.2, 0.25) is 0 Å². The van der Waals surface area contributed by atoms with Crippen molar-refractivity contribution >= 4 is 17.3 Å². The van der Waals surface area contributed by atoms with Gasteiger partial charge in [0, 0.05) is 25.0 Å². The average molecular weight is 276 g/mol. The molecule has 8 nitrogen and oxygen atoms in total. The fourth-order valence-corrected chi connectivity index (χ4v) is 1.73. The summed E-state index contributed by atoms with van der Waals surface area (Å²) in [6.45, 7) is 0.401. The first-order valence-corrected chi connectivity index (χ1v) is 5.71. The van der Waals surface area contributed by atoms with E-state index >= 15 is 0 Å². The van der Waals surface area contributed by atoms with Crippen LogP contribution < -0.4 is 5.32 Å². The molecule has 0 spiro atoms. The predicted molar refractivity (Wildman–Crippen MR) is 70.6 cm³/mol. The molecule has 1 heterocycles. The summed E-state index contributed by atoms with van der Waals surface area (Å²) in [4.78, 5) is 21.0. The van der Waals surface area contributed by atoms with Crippen LogP contribution in [0.5, 0.6) is 0 Å². The highest BCUT2D eigenvalue weighted by atomic mass is 16.6. The second kappa shape index (κ2) is 5.39. The van der Waals surface area contributed by atoms with Crippen LogP contribution in [0, 0.1) is 10.1 Å². The molecule has 0 amide bonds. The monoisotopic (exact) mass is 276 g/mol. The van der Waals surface area contributed by atoms with Crippen molar-refractivity contribution in [2.24, 2.45) is 7.05 Å². The highest BCUT2D eigenvalue weighted by Crippen LogP contribution is 2.23. The Morgan fingerprint density at radius 3 is 2.80 bits per heavy atom. The zero-order valence-electron chi connectivity index (χ0n) is 10.6. The topological polar surface area (TPSA) is 110 Å². The van der Waals surface area contributed by atoms with E-state index in [-0.39, 0.29) is 5.56 Å². The fourth-order valence-electron chi connectivity index (χ4n) is 1.73. The van der Waals surface area contributed by atoms with Crippen molar-refractivity contribution in [1.29, 1.82) is 0 Å². The van der Waals surface area contributed by atoms with Crippen molar-refractivity contribution in [2.75, 3.05) is 5.32 Å². The summed E-state index contributed by atoms with van der Waals surface area (Å²) >= 11 is 0. The molecular weight excluding hydrogens is 264 g/mol. The summed E-state index contributed by atoms with van der Waals surface area (Å²) in [6, 6.07) is 5.69. The van der Waals surface area contributed by atoms with E-state index in [9.17, 15) is 14.9 Å². The number of carboxylic acid groups (broad SMARTS) is 1. The molecule has 0 atom stereocenters. The third-order valence-corrected chi connectivity index (χ3v) is 2.67. The lowest BCUT2D eigenvalue weighted by Crippen LogP contribution is -2.06. The standard InChI is InChI=1S/C12H12N4O4/c1-15-5-4-9(14-15)7-13-8-2-3-11(16(19)20)10(6-8)12(17)18/h2-6,13H,7H2,1H3,(H,17,18). The minimum absolute atomic E-state index is 0.346. The van der Waals surface area contributed by atoms with Crippen molar-refractivity contribution in [1.82, 2.24) is 9.78 Å². The molecule has 2 rings (SSSR count). The number of hydrogen-bond acceptors (Lipinski definition) is 5. The van der Waals surface area contributed by atoms with E-state index in [4.69, 9.17) is 5.11 Å². The number of benzene rings is 1. The lowest BCUT2D eigenvalue weighted by atomic mass is 10.1. The molecule has 0 radical (unpaired) electrons. The SMILES string of the molecule is Cn1ccc(CNc2ccc([N+](=O)[O-])c(C(=O)O)c2)n1. The molecule has 20 heavy (non-hydrogen) atoms. The molecule has 0 aliphatic rings. The number of aromatic carboxylic acids is 1. The number of carbonyl (C=O) groups is 1. The van der Waals surface area contributed by atoms with Crippen LogP contribution in [0.4, 0.5) is 11.4 Å². The lowest BCUT2D eigenvalue weighted by molar-refractivity contribution is -0.385. The molecule has 0 aliphatic carbocycles. The number of nitro benzene ring substituents is 1. The summed E-state index contributed by atoms with van der Waals surface area (Å²) in [5, 5.41) is 26.8. The van der Waals surface area contributed by atoms with Crippen LogP contribution in [0.15, 0.2) is 30.5 Å². The molecule has 1 aromatic heterocycles. The normalized spacial score (nSPS) is 10.2. The molecule has 0 bridgehead atoms. The highest BCUT2D eigenvalue weighted by Gasteiger charge is 2.19. The Labute approximate surface area is 113 Å². The van der Waals surface area contributed by atoms with Gasteiger partial charge in [0.1, 0.15) is 5.56 Å². The number of rotatable bonds is 5. The van der Waals surface area contributed by atoms with Gasteiger partial charge in [-0.25, -0.2) is 4.79 Å². The van der Waals surface area contributed by atoms with E-state index in [0.29, 0.717) is 12.2 Å². The van der Waals surface area contributed by atoms with Gasteiger partial charge in [-0.05, 0) is 18.2 Å². The molecule has 0 unspecified atom stereocenters. The van der Waals surface area contributed by atoms with E-state index < -0.39 is 16.6 Å². The molecule has 2 aromatic rings. The Kier molecular flexibility index (Phi) is 3.65. The highest BCUT2D eigenvalue weighted by molar-refractivity contribution is 5.93. The van der Waals surface area contributed by atoms with E-state index in [0.717, 1.165) is 5.69 Å². The number of anilines is 1. The fraction of sp³-hybridized carbons (Fsp3) is 0.167. The number of nitrogens with zero attached hydrogens (tertiary/aromatic N) is 3. The molecular formula is C12H12N4O4. The van der Waals surface area contributed by atoms with Gasteiger partial charge in [0.25, 0.3) is 5.69 Å². The largest absolute Gasteiger partial charge is 0.477 e. The van der Waals surface area contributed by atoms with Gasteiger partial charge in [-0.2, -0.15) is 5.10 Å². The third kappa shape index (κ3) is 2.91. The maximum atomic E-state index is 11.0. The smallest absolute Gasteiger partial charge is 0.342 e. The van der Waals surface area contributed by atoms with Crippen molar-refractivity contribution < 1.29 is 14.8 Å². The first-order chi connectivity index (χ1) is 9.47. The van der Waals surface area contributed by atoms with Crippen LogP contribution in [0.3, 0.4) is 0 Å². The predicted octanol–water partition coefficient (Wildman–Crippen LogP) is 1.64. The van der Waals surface area contributed by atoms with E-state index in [2.05, 4.69) is 10.4 Å². The first-order valence-electron chi connectivity index (χ1n) is 5.71. The molecule has 1 aromatic carbocycles. The van der Waals surface area contributed by atoms with Gasteiger partial charge in [0.15, 0.2) is 0 Å². The molecule has 0 saturated heterocycles. The zero-order chi connectivity index (χ0) is 14.7. The van der Waals surface area contributed by atoms with Gasteiger partial charge in [-0.1, -0.05) is 0 Å². The number of aromatic nitrogens is 2. The van der Waals surface area contributed by atoms with Crippen molar-refractivity contribution in [2.45, 2.75) is 6.54 Å². The van der Waals surface area contributed by atoms with Crippen LogP contribution in [-0.4, -0.2) is 25.8 Å². The minimum atomic E-state index is -1.34. The number of hydrogen-bond donors (Lipinski definition) is 2. The summed E-state index contributed by atoms with van der Waals surface area (Å²) in [5.41, 5.74) is 0.489. The molecule has 0 aliphatic heterocycles. The Bertz CT molecular complexity index is 665. The molecule has 2 N–H and O–H groups in total. The molecule has 0 fully saturated rings. The van der Waals surface area contributed by atoms with Crippen LogP contribution >= 0.6 is 0 Å². The molecule has 0 saturated carbocycles. The summed E-state index contributed by atoms with van der Waals surface area (Å²) in [7, 11) is 1.79. The Balaban J connectivity index is 2.18. The number of nitro groups is 1. The average Bonchev–Trinajstić information content (AvgIpc) is 2.81. The maximum Gasteiger partial charge on any atom is 0.342 e. The van der Waals surface area contributed by atoms with Gasteiger partial charge in [-0.3, -0.25) is 14.8 Å². The van der Waals surface area contributed by atoms with Crippen molar-refractivity contribution in [3.8, 4) is 0 Å². The Hall–Kier alpha value is -2.90. The van der Waals surface area contributed by atoms with E-state index in [1.807, 2.05) is 6.07 Å². The molecule has 8 heteroatoms. The zero-order valence-corrected chi connectivity index (χ0v) is 10.6. The lowest BCUT2D eigenvalue weighted by Gasteiger charge is -2.06. The number of nitrogens with one attached hydrogen (secondary N) is 1. The van der Waals surface area contributed by atoms with Gasteiger partial charge in [0.2, 0.25) is 0 Å². The van der Waals surface area contributed by atoms with Crippen LogP contribution in [-0.2, 0) is 13.6 Å². The Morgan fingerprint density at radius 2 is 2.25 bits per heavy atom. The second-order valence-electron chi connectivity index (χ2n) is 4.13. The molecule has 104 valence electrons. The second-order valence-corrected chi connectivity index (χ2v) is 4.13. The summed E-state index contributed by atoms with van der Waals surface area (Å²) in [6.07, 6.45) is 1.79. The van der Waals surface area contributed by atoms with Crippen molar-refractivity contribution in [3.05, 3.63) is 51.8 Å². The van der Waals surface area contributed by atoms with Crippen molar-refractivity contribution in [3.63, 3.8) is 0 Å². The summed E-state index contributed by atoms with van der Waals surface area (Å²) in [5.74, 6) is -1.34. The Morgan fingerprint density at radius 1 is 1.50 bits per heavy atom. The van der Waals surface area contributed by atoms with Gasteiger partial charge < -0.3 is 10.4 Å². The van der Waals surface area contributed by atoms with E-state index in [1.54, 1.807) is 17.9 Å². The van der Waals surface area contributed by atoms with Crippen LogP contribution in [0.25, 0.3) is 0 Å². The van der Waals surface area contributed by atoms with Gasteiger partial charge >= 0.3 is 5.97 Å². The number of aryl methyl sites for hydroxylation is 1. The van der Waals surface area contributed by atoms with Gasteiger partial charge in [0.05, 0.1) is 17.2 Å². The van der Waals surface area contributed by atoms with Crippen LogP contribution in [0.1, 0.15) is 16.1 Å².